The SMILES string of the molecule is NC(=S)c1cc(F)cc(COCC(F)(F)C(F)F)c1. The third-order valence-electron chi connectivity index (χ3n) is 2.12. The summed E-state index contributed by atoms with van der Waals surface area (Å²) in [6.07, 6.45) is -3.81. The maximum atomic E-state index is 13.1. The van der Waals surface area contributed by atoms with Crippen LogP contribution in [0.1, 0.15) is 11.1 Å². The van der Waals surface area contributed by atoms with E-state index in [1.807, 2.05) is 0 Å². The summed E-state index contributed by atoms with van der Waals surface area (Å²) in [5.74, 6) is -4.91. The van der Waals surface area contributed by atoms with Gasteiger partial charge in [-0.2, -0.15) is 8.78 Å². The first-order valence-corrected chi connectivity index (χ1v) is 5.46. The minimum absolute atomic E-state index is 0.0707. The lowest BCUT2D eigenvalue weighted by Crippen LogP contribution is -2.32. The van der Waals surface area contributed by atoms with Gasteiger partial charge in [0.25, 0.3) is 0 Å². The Kier molecular flexibility index (Phi) is 5.19. The van der Waals surface area contributed by atoms with Gasteiger partial charge in [-0.25, -0.2) is 13.2 Å². The fourth-order valence-corrected chi connectivity index (χ4v) is 1.36. The number of nitrogens with two attached hydrogens (primary N) is 1. The van der Waals surface area contributed by atoms with Gasteiger partial charge in [0, 0.05) is 5.56 Å². The average molecular weight is 299 g/mol. The summed E-state index contributed by atoms with van der Waals surface area (Å²) in [5.41, 5.74) is 5.67. The molecule has 0 saturated carbocycles. The Balaban J connectivity index is 2.66. The van der Waals surface area contributed by atoms with E-state index in [1.54, 1.807) is 0 Å². The molecule has 0 atom stereocenters. The zero-order chi connectivity index (χ0) is 14.6. The fourth-order valence-electron chi connectivity index (χ4n) is 1.24. The van der Waals surface area contributed by atoms with Crippen LogP contribution >= 0.6 is 12.2 Å². The van der Waals surface area contributed by atoms with Gasteiger partial charge in [0.1, 0.15) is 17.4 Å². The Morgan fingerprint density at radius 1 is 1.32 bits per heavy atom. The van der Waals surface area contributed by atoms with Gasteiger partial charge in [-0.05, 0) is 23.8 Å². The molecule has 0 aromatic heterocycles. The molecule has 8 heteroatoms. The molecule has 2 nitrogen and oxygen atoms in total. The van der Waals surface area contributed by atoms with E-state index in [0.29, 0.717) is 0 Å². The molecule has 0 bridgehead atoms. The molecular formula is C11H10F5NOS. The number of hydrogen-bond acceptors (Lipinski definition) is 2. The van der Waals surface area contributed by atoms with Gasteiger partial charge in [0.15, 0.2) is 0 Å². The predicted octanol–water partition coefficient (Wildman–Crippen LogP) is 2.88. The van der Waals surface area contributed by atoms with E-state index in [-0.39, 0.29) is 16.1 Å². The van der Waals surface area contributed by atoms with E-state index in [9.17, 15) is 22.0 Å². The van der Waals surface area contributed by atoms with E-state index in [4.69, 9.17) is 5.73 Å². The lowest BCUT2D eigenvalue weighted by atomic mass is 10.1. The smallest absolute Gasteiger partial charge is 0.330 e. The second-order valence-electron chi connectivity index (χ2n) is 3.77. The zero-order valence-electron chi connectivity index (χ0n) is 9.51. The fraction of sp³-hybridized carbons (Fsp3) is 0.364. The van der Waals surface area contributed by atoms with Crippen molar-refractivity contribution >= 4 is 17.2 Å². The van der Waals surface area contributed by atoms with Crippen molar-refractivity contribution in [2.75, 3.05) is 6.61 Å². The van der Waals surface area contributed by atoms with Crippen LogP contribution in [0.4, 0.5) is 22.0 Å². The molecule has 0 spiro atoms. The van der Waals surface area contributed by atoms with Crippen molar-refractivity contribution < 1.29 is 26.7 Å². The zero-order valence-corrected chi connectivity index (χ0v) is 10.3. The summed E-state index contributed by atoms with van der Waals surface area (Å²) in [4.78, 5) is -0.0707. The number of rotatable bonds is 6. The molecule has 0 fully saturated rings. The molecule has 106 valence electrons. The highest BCUT2D eigenvalue weighted by Gasteiger charge is 2.40. The van der Waals surface area contributed by atoms with Gasteiger partial charge in [-0.1, -0.05) is 12.2 Å². The predicted molar refractivity (Wildman–Crippen MR) is 62.9 cm³/mol. The number of halogens is 5. The molecule has 19 heavy (non-hydrogen) atoms. The van der Waals surface area contributed by atoms with E-state index in [1.165, 1.54) is 6.07 Å². The Morgan fingerprint density at radius 3 is 2.47 bits per heavy atom. The maximum absolute atomic E-state index is 13.1. The van der Waals surface area contributed by atoms with Crippen molar-refractivity contribution in [1.82, 2.24) is 0 Å². The first-order valence-electron chi connectivity index (χ1n) is 5.05. The lowest BCUT2D eigenvalue weighted by molar-refractivity contribution is -0.168. The van der Waals surface area contributed by atoms with Crippen LogP contribution in [0.5, 0.6) is 0 Å². The van der Waals surface area contributed by atoms with Crippen LogP contribution in [-0.2, 0) is 11.3 Å². The quantitative estimate of drug-likeness (QED) is 0.648. The van der Waals surface area contributed by atoms with E-state index >= 15 is 0 Å². The number of hydrogen-bond donors (Lipinski definition) is 1. The summed E-state index contributed by atoms with van der Waals surface area (Å²) < 4.78 is 66.4. The van der Waals surface area contributed by atoms with Crippen molar-refractivity contribution in [1.29, 1.82) is 0 Å². The number of thiocarbonyl (C=S) groups is 1. The lowest BCUT2D eigenvalue weighted by Gasteiger charge is -2.15. The minimum atomic E-state index is -4.24. The van der Waals surface area contributed by atoms with Gasteiger partial charge in [0.2, 0.25) is 0 Å². The van der Waals surface area contributed by atoms with Crippen LogP contribution in [0.3, 0.4) is 0 Å². The Bertz CT molecular complexity index is 466. The van der Waals surface area contributed by atoms with Crippen molar-refractivity contribution in [2.45, 2.75) is 19.0 Å². The Morgan fingerprint density at radius 2 is 1.95 bits per heavy atom. The first kappa shape index (κ1) is 15.8. The number of alkyl halides is 4. The van der Waals surface area contributed by atoms with Crippen molar-refractivity contribution in [3.05, 3.63) is 35.1 Å². The third kappa shape index (κ3) is 4.71. The highest BCUT2D eigenvalue weighted by molar-refractivity contribution is 7.80. The highest BCUT2D eigenvalue weighted by Crippen LogP contribution is 2.23. The van der Waals surface area contributed by atoms with Crippen LogP contribution in [0, 0.1) is 5.82 Å². The molecule has 1 aromatic carbocycles. The van der Waals surface area contributed by atoms with Crippen LogP contribution < -0.4 is 5.73 Å². The molecule has 0 saturated heterocycles. The molecule has 1 rings (SSSR count). The molecule has 1 aromatic rings. The van der Waals surface area contributed by atoms with Crippen molar-refractivity contribution in [2.24, 2.45) is 5.73 Å². The summed E-state index contributed by atoms with van der Waals surface area (Å²) in [6.45, 7) is -1.90. The standard InChI is InChI=1S/C11H10F5NOS/c12-8-2-6(1-7(3-8)9(17)19)4-18-5-11(15,16)10(13)14/h1-3,10H,4-5H2,(H2,17,19). The molecule has 2 N–H and O–H groups in total. The third-order valence-corrected chi connectivity index (χ3v) is 2.36. The molecule has 0 unspecified atom stereocenters. The summed E-state index contributed by atoms with van der Waals surface area (Å²) in [5, 5.41) is 0. The largest absolute Gasteiger partial charge is 0.389 e. The van der Waals surface area contributed by atoms with Crippen LogP contribution in [0.15, 0.2) is 18.2 Å². The van der Waals surface area contributed by atoms with Crippen LogP contribution in [0.25, 0.3) is 0 Å². The van der Waals surface area contributed by atoms with E-state index in [0.717, 1.165) is 12.1 Å². The molecule has 0 amide bonds. The van der Waals surface area contributed by atoms with Gasteiger partial charge >= 0.3 is 12.3 Å². The summed E-state index contributed by atoms with van der Waals surface area (Å²) in [7, 11) is 0. The van der Waals surface area contributed by atoms with Crippen LogP contribution in [0.2, 0.25) is 0 Å². The molecule has 0 aliphatic heterocycles. The van der Waals surface area contributed by atoms with Gasteiger partial charge in [-0.15, -0.1) is 0 Å². The van der Waals surface area contributed by atoms with Gasteiger partial charge in [0.05, 0.1) is 6.61 Å². The molecular weight excluding hydrogens is 289 g/mol. The second-order valence-corrected chi connectivity index (χ2v) is 4.21. The van der Waals surface area contributed by atoms with Crippen molar-refractivity contribution in [3.63, 3.8) is 0 Å². The number of benzene rings is 1. The minimum Gasteiger partial charge on any atom is -0.389 e. The van der Waals surface area contributed by atoms with Crippen LogP contribution in [-0.4, -0.2) is 23.9 Å². The topological polar surface area (TPSA) is 35.2 Å². The highest BCUT2D eigenvalue weighted by atomic mass is 32.1. The van der Waals surface area contributed by atoms with Gasteiger partial charge in [-0.3, -0.25) is 0 Å². The second kappa shape index (κ2) is 6.25. The summed E-state index contributed by atoms with van der Waals surface area (Å²) in [6, 6.07) is 3.42. The van der Waals surface area contributed by atoms with Crippen molar-refractivity contribution in [3.8, 4) is 0 Å². The molecule has 0 radical (unpaired) electrons. The molecule has 0 aliphatic carbocycles. The normalized spacial score (nSPS) is 11.9. The van der Waals surface area contributed by atoms with E-state index < -0.39 is 31.4 Å². The Hall–Kier alpha value is -1.28. The van der Waals surface area contributed by atoms with E-state index in [2.05, 4.69) is 17.0 Å². The monoisotopic (exact) mass is 299 g/mol. The first-order chi connectivity index (χ1) is 8.72. The average Bonchev–Trinajstić information content (AvgIpc) is 2.27. The Labute approximate surface area is 111 Å². The maximum Gasteiger partial charge on any atom is 0.330 e. The summed E-state index contributed by atoms with van der Waals surface area (Å²) >= 11 is 4.64. The van der Waals surface area contributed by atoms with Gasteiger partial charge < -0.3 is 10.5 Å². The molecule has 0 heterocycles. The number of ether oxygens (including phenoxy) is 1. The molecule has 0 aliphatic rings.